The Morgan fingerprint density at radius 2 is 1.31 bits per heavy atom. The summed E-state index contributed by atoms with van der Waals surface area (Å²) in [5, 5.41) is 0. The van der Waals surface area contributed by atoms with Crippen LogP contribution >= 0.6 is 0 Å². The smallest absolute Gasteiger partial charge is 0.429 e. The molecule has 3 aromatic rings. The van der Waals surface area contributed by atoms with E-state index in [1.807, 2.05) is 20.8 Å². The van der Waals surface area contributed by atoms with Crippen molar-refractivity contribution in [3.8, 4) is 5.75 Å². The number of alkyl halides is 2. The van der Waals surface area contributed by atoms with Gasteiger partial charge in [-0.3, -0.25) is 0 Å². The number of ether oxygens (including phenoxy) is 1. The van der Waals surface area contributed by atoms with Gasteiger partial charge in [0.2, 0.25) is 0 Å². The molecule has 0 bridgehead atoms. The molecule has 3 aromatic carbocycles. The molecule has 0 spiro atoms. The topological polar surface area (TPSA) is 9.23 Å². The summed E-state index contributed by atoms with van der Waals surface area (Å²) in [6.45, 7) is 15.0. The zero-order chi connectivity index (χ0) is 26.2. The molecule has 0 aromatic heterocycles. The van der Waals surface area contributed by atoms with Gasteiger partial charge in [0.05, 0.1) is 0 Å². The Kier molecular flexibility index (Phi) is 7.68. The van der Waals surface area contributed by atoms with Gasteiger partial charge in [0, 0.05) is 12.0 Å². The summed E-state index contributed by atoms with van der Waals surface area (Å²) in [4.78, 5) is 0. The minimum absolute atomic E-state index is 0.0766. The summed E-state index contributed by atoms with van der Waals surface area (Å²) in [6.07, 6.45) is -2.93. The predicted octanol–water partition coefficient (Wildman–Crippen LogP) is 9.30. The molecule has 0 N–H and O–H groups in total. The molecule has 0 saturated carbocycles. The maximum Gasteiger partial charge on any atom is 0.429 e. The zero-order valence-electron chi connectivity index (χ0n) is 21.7. The Morgan fingerprint density at radius 1 is 0.743 bits per heavy atom. The lowest BCUT2D eigenvalue weighted by Crippen LogP contribution is -2.25. The highest BCUT2D eigenvalue weighted by molar-refractivity contribution is 5.47. The van der Waals surface area contributed by atoms with Crippen molar-refractivity contribution in [3.05, 3.63) is 98.1 Å². The number of hydrogen-bond donors (Lipinski definition) is 0. The van der Waals surface area contributed by atoms with Crippen molar-refractivity contribution in [2.24, 2.45) is 0 Å². The van der Waals surface area contributed by atoms with Crippen LogP contribution in [0.5, 0.6) is 5.75 Å². The molecule has 0 radical (unpaired) electrons. The summed E-state index contributed by atoms with van der Waals surface area (Å²) in [7, 11) is 0. The second-order valence-electron chi connectivity index (χ2n) is 9.76. The molecular formula is C30H34F4O. The van der Waals surface area contributed by atoms with Crippen LogP contribution in [0, 0.1) is 46.3 Å². The highest BCUT2D eigenvalue weighted by Gasteiger charge is 2.40. The van der Waals surface area contributed by atoms with E-state index in [1.165, 1.54) is 18.6 Å². The fourth-order valence-corrected chi connectivity index (χ4v) is 4.81. The van der Waals surface area contributed by atoms with Crippen LogP contribution in [0.3, 0.4) is 0 Å². The quantitative estimate of drug-likeness (QED) is 0.302. The van der Waals surface area contributed by atoms with Gasteiger partial charge in [-0.25, -0.2) is 8.78 Å². The first-order chi connectivity index (χ1) is 16.3. The van der Waals surface area contributed by atoms with Crippen LogP contribution < -0.4 is 4.74 Å². The van der Waals surface area contributed by atoms with E-state index in [0.717, 1.165) is 35.2 Å². The fourth-order valence-electron chi connectivity index (χ4n) is 4.81. The summed E-state index contributed by atoms with van der Waals surface area (Å²) < 4.78 is 64.2. The van der Waals surface area contributed by atoms with Crippen LogP contribution in [-0.4, -0.2) is 0 Å². The van der Waals surface area contributed by atoms with Crippen molar-refractivity contribution >= 4 is 0 Å². The second-order valence-corrected chi connectivity index (χ2v) is 9.76. The molecule has 0 heterocycles. The minimum Gasteiger partial charge on any atom is -0.429 e. The van der Waals surface area contributed by atoms with Gasteiger partial charge in [-0.1, -0.05) is 39.0 Å². The minimum atomic E-state index is -3.96. The monoisotopic (exact) mass is 486 g/mol. The van der Waals surface area contributed by atoms with E-state index < -0.39 is 23.3 Å². The van der Waals surface area contributed by atoms with E-state index in [0.29, 0.717) is 22.6 Å². The summed E-state index contributed by atoms with van der Waals surface area (Å²) in [6, 6.07) is 9.29. The second kappa shape index (κ2) is 10.0. The van der Waals surface area contributed by atoms with Crippen LogP contribution in [-0.2, 0) is 6.11 Å². The van der Waals surface area contributed by atoms with Crippen molar-refractivity contribution in [2.45, 2.75) is 79.8 Å². The Hall–Kier alpha value is -2.82. The number of hydrogen-bond acceptors (Lipinski definition) is 1. The van der Waals surface area contributed by atoms with E-state index in [2.05, 4.69) is 26.0 Å². The average Bonchev–Trinajstić information content (AvgIpc) is 2.75. The molecule has 5 heteroatoms. The molecular weight excluding hydrogens is 452 g/mol. The van der Waals surface area contributed by atoms with E-state index in [-0.39, 0.29) is 17.2 Å². The van der Waals surface area contributed by atoms with E-state index in [1.54, 1.807) is 19.9 Å². The molecule has 0 aliphatic heterocycles. The van der Waals surface area contributed by atoms with Crippen LogP contribution in [0.4, 0.5) is 17.6 Å². The molecule has 188 valence electrons. The molecule has 1 nitrogen and oxygen atoms in total. The van der Waals surface area contributed by atoms with Crippen LogP contribution in [0.1, 0.15) is 89.1 Å². The maximum atomic E-state index is 15.2. The molecule has 0 aliphatic rings. The summed E-state index contributed by atoms with van der Waals surface area (Å²) >= 11 is 0. The fraction of sp³-hybridized carbons (Fsp3) is 0.400. The van der Waals surface area contributed by atoms with Gasteiger partial charge in [0.1, 0.15) is 22.9 Å². The molecule has 3 rings (SSSR count). The first-order valence-electron chi connectivity index (χ1n) is 12.0. The maximum absolute atomic E-state index is 15.2. The summed E-state index contributed by atoms with van der Waals surface area (Å²) in [5.41, 5.74) is 5.19. The molecule has 0 saturated heterocycles. The Balaban J connectivity index is 1.98. The van der Waals surface area contributed by atoms with Gasteiger partial charge in [-0.2, -0.15) is 8.78 Å². The molecule has 0 amide bonds. The average molecular weight is 487 g/mol. The standard InChI is InChI=1S/C30H34F4O/c1-9-16(2)23-10-18(4)28(19(5)11-23)22(8)24-12-20(6)29(27(32)14-24)30(33,34)35-25-13-17(3)21(7)26(31)15-25/h10-16,22H,9H2,1-8H3. The van der Waals surface area contributed by atoms with Gasteiger partial charge >= 0.3 is 6.11 Å². The van der Waals surface area contributed by atoms with Crippen molar-refractivity contribution < 1.29 is 22.3 Å². The van der Waals surface area contributed by atoms with Crippen LogP contribution in [0.2, 0.25) is 0 Å². The van der Waals surface area contributed by atoms with Crippen LogP contribution in [0.25, 0.3) is 0 Å². The highest BCUT2D eigenvalue weighted by Crippen LogP contribution is 2.39. The molecule has 0 fully saturated rings. The van der Waals surface area contributed by atoms with Gasteiger partial charge < -0.3 is 4.74 Å². The van der Waals surface area contributed by atoms with Gasteiger partial charge in [-0.05, 0) is 104 Å². The largest absolute Gasteiger partial charge is 0.429 e. The number of halogens is 4. The number of rotatable bonds is 7. The van der Waals surface area contributed by atoms with Gasteiger partial charge in [-0.15, -0.1) is 0 Å². The third-order valence-corrected chi connectivity index (χ3v) is 7.15. The predicted molar refractivity (Wildman–Crippen MR) is 134 cm³/mol. The van der Waals surface area contributed by atoms with Gasteiger partial charge in [0.15, 0.2) is 0 Å². The SMILES string of the molecule is CCC(C)c1cc(C)c(C(C)c2cc(C)c(C(F)(F)Oc3cc(C)c(C)c(F)c3)c(F)c2)c(C)c1. The third-order valence-electron chi connectivity index (χ3n) is 7.15. The van der Waals surface area contributed by atoms with Crippen molar-refractivity contribution in [3.63, 3.8) is 0 Å². The lowest BCUT2D eigenvalue weighted by molar-refractivity contribution is -0.188. The van der Waals surface area contributed by atoms with E-state index >= 15 is 13.2 Å². The lowest BCUT2D eigenvalue weighted by atomic mass is 9.83. The summed E-state index contributed by atoms with van der Waals surface area (Å²) in [5.74, 6) is -1.80. The first kappa shape index (κ1) is 26.8. The molecule has 2 atom stereocenters. The van der Waals surface area contributed by atoms with Crippen molar-refractivity contribution in [1.82, 2.24) is 0 Å². The lowest BCUT2D eigenvalue weighted by Gasteiger charge is -2.24. The highest BCUT2D eigenvalue weighted by atomic mass is 19.3. The number of aryl methyl sites for hydroxylation is 4. The Bertz CT molecular complexity index is 1180. The normalized spacial score (nSPS) is 13.6. The Labute approximate surface area is 206 Å². The van der Waals surface area contributed by atoms with E-state index in [4.69, 9.17) is 4.74 Å². The number of benzene rings is 3. The Morgan fingerprint density at radius 3 is 1.83 bits per heavy atom. The van der Waals surface area contributed by atoms with Crippen LogP contribution in [0.15, 0.2) is 36.4 Å². The molecule has 0 aliphatic carbocycles. The first-order valence-corrected chi connectivity index (χ1v) is 12.0. The van der Waals surface area contributed by atoms with Crippen molar-refractivity contribution in [2.75, 3.05) is 0 Å². The van der Waals surface area contributed by atoms with Crippen molar-refractivity contribution in [1.29, 1.82) is 0 Å². The van der Waals surface area contributed by atoms with E-state index in [9.17, 15) is 4.39 Å². The third kappa shape index (κ3) is 5.39. The zero-order valence-corrected chi connectivity index (χ0v) is 21.7. The molecule has 35 heavy (non-hydrogen) atoms. The molecule has 2 unspecified atom stereocenters. The van der Waals surface area contributed by atoms with Gasteiger partial charge in [0.25, 0.3) is 0 Å².